The zero-order valence-electron chi connectivity index (χ0n) is 11.9. The Hall–Kier alpha value is -1.84. The van der Waals surface area contributed by atoms with Gasteiger partial charge in [-0.3, -0.25) is 9.59 Å². The minimum atomic E-state index is -0.980. The number of nitrogens with one attached hydrogen (secondary N) is 1. The molecule has 4 nitrogen and oxygen atoms in total. The first-order chi connectivity index (χ1) is 8.75. The molecule has 2 N–H and O–H groups in total. The highest BCUT2D eigenvalue weighted by Gasteiger charge is 2.23. The normalized spacial score (nSPS) is 12.8. The van der Waals surface area contributed by atoms with E-state index in [4.69, 9.17) is 0 Å². The molecule has 0 heterocycles. The lowest BCUT2D eigenvalue weighted by Gasteiger charge is -2.20. The lowest BCUT2D eigenvalue weighted by molar-refractivity contribution is -0.140. The largest absolute Gasteiger partial charge is 0.481 e. The summed E-state index contributed by atoms with van der Waals surface area (Å²) in [5.74, 6) is -2.05. The Morgan fingerprint density at radius 3 is 2.11 bits per heavy atom. The second kappa shape index (κ2) is 5.87. The molecule has 0 aliphatic heterocycles. The molecule has 1 amide bonds. The number of carbonyl (C=O) groups excluding carboxylic acids is 1. The molecule has 1 aromatic carbocycles. The van der Waals surface area contributed by atoms with Crippen LogP contribution in [0.3, 0.4) is 0 Å². The van der Waals surface area contributed by atoms with E-state index in [9.17, 15) is 14.7 Å². The van der Waals surface area contributed by atoms with E-state index in [-0.39, 0.29) is 17.7 Å². The summed E-state index contributed by atoms with van der Waals surface area (Å²) in [5.41, 5.74) is 1.82. The zero-order chi connectivity index (χ0) is 14.6. The Kier molecular flexibility index (Phi) is 4.70. The highest BCUT2D eigenvalue weighted by atomic mass is 16.4. The van der Waals surface area contributed by atoms with E-state index in [0.717, 1.165) is 5.56 Å². The van der Waals surface area contributed by atoms with Crippen molar-refractivity contribution in [1.82, 2.24) is 5.32 Å². The van der Waals surface area contributed by atoms with Crippen molar-refractivity contribution in [2.24, 2.45) is 0 Å². The Morgan fingerprint density at radius 1 is 1.21 bits per heavy atom. The lowest BCUT2D eigenvalue weighted by Crippen LogP contribution is -2.24. The van der Waals surface area contributed by atoms with Crippen molar-refractivity contribution in [3.63, 3.8) is 0 Å². The predicted molar refractivity (Wildman–Crippen MR) is 74.2 cm³/mol. The summed E-state index contributed by atoms with van der Waals surface area (Å²) >= 11 is 0. The van der Waals surface area contributed by atoms with Gasteiger partial charge in [-0.05, 0) is 16.5 Å². The van der Waals surface area contributed by atoms with Crippen molar-refractivity contribution in [1.29, 1.82) is 0 Å². The first kappa shape index (κ1) is 15.2. The highest BCUT2D eigenvalue weighted by molar-refractivity contribution is 5.85. The predicted octanol–water partition coefficient (Wildman–Crippen LogP) is 2.29. The second-order valence-corrected chi connectivity index (χ2v) is 5.64. The number of hydrogen-bond donors (Lipinski definition) is 2. The fourth-order valence-corrected chi connectivity index (χ4v) is 1.85. The first-order valence-corrected chi connectivity index (χ1v) is 6.29. The topological polar surface area (TPSA) is 66.4 Å². The van der Waals surface area contributed by atoms with Gasteiger partial charge in [0.25, 0.3) is 0 Å². The molecule has 0 fully saturated rings. The number of carboxylic acids is 1. The molecule has 0 saturated heterocycles. The average Bonchev–Trinajstić information content (AvgIpc) is 2.34. The summed E-state index contributed by atoms with van der Waals surface area (Å²) in [6.07, 6.45) is -0.0410. The first-order valence-electron chi connectivity index (χ1n) is 6.29. The van der Waals surface area contributed by atoms with Gasteiger partial charge in [0.05, 0.1) is 5.92 Å². The average molecular weight is 263 g/mol. The van der Waals surface area contributed by atoms with Gasteiger partial charge in [0.1, 0.15) is 0 Å². The molecule has 0 spiro atoms. The summed E-state index contributed by atoms with van der Waals surface area (Å²) in [6, 6.07) is 7.44. The molecule has 19 heavy (non-hydrogen) atoms. The molecule has 0 bridgehead atoms. The molecule has 4 heteroatoms. The van der Waals surface area contributed by atoms with Crippen LogP contribution in [0.2, 0.25) is 0 Å². The van der Waals surface area contributed by atoms with Crippen LogP contribution < -0.4 is 5.32 Å². The second-order valence-electron chi connectivity index (χ2n) is 5.64. The fraction of sp³-hybridized carbons (Fsp3) is 0.467. The van der Waals surface area contributed by atoms with Crippen molar-refractivity contribution in [2.45, 2.75) is 38.5 Å². The zero-order valence-corrected chi connectivity index (χ0v) is 11.9. The third-order valence-corrected chi connectivity index (χ3v) is 3.15. The third-order valence-electron chi connectivity index (χ3n) is 3.15. The summed E-state index contributed by atoms with van der Waals surface area (Å²) in [7, 11) is 1.50. The van der Waals surface area contributed by atoms with Crippen LogP contribution in [0.5, 0.6) is 0 Å². The van der Waals surface area contributed by atoms with E-state index in [0.29, 0.717) is 5.56 Å². The maximum Gasteiger partial charge on any atom is 0.311 e. The van der Waals surface area contributed by atoms with Crippen LogP contribution in [0, 0.1) is 0 Å². The highest BCUT2D eigenvalue weighted by Crippen LogP contribution is 2.26. The minimum absolute atomic E-state index is 0.0258. The van der Waals surface area contributed by atoms with Crippen LogP contribution >= 0.6 is 0 Å². The van der Waals surface area contributed by atoms with Crippen LogP contribution in [0.25, 0.3) is 0 Å². The molecule has 1 atom stereocenters. The lowest BCUT2D eigenvalue weighted by atomic mass is 9.85. The molecule has 0 aromatic heterocycles. The fourth-order valence-electron chi connectivity index (χ4n) is 1.85. The van der Waals surface area contributed by atoms with Gasteiger partial charge >= 0.3 is 5.97 Å². The van der Waals surface area contributed by atoms with Crippen LogP contribution in [-0.2, 0) is 15.0 Å². The van der Waals surface area contributed by atoms with E-state index >= 15 is 0 Å². The van der Waals surface area contributed by atoms with Crippen LogP contribution in [0.1, 0.15) is 44.2 Å². The van der Waals surface area contributed by atoms with E-state index in [2.05, 4.69) is 26.1 Å². The van der Waals surface area contributed by atoms with E-state index < -0.39 is 11.9 Å². The maximum absolute atomic E-state index is 11.4. The number of hydrogen-bond acceptors (Lipinski definition) is 2. The van der Waals surface area contributed by atoms with Crippen LogP contribution in [-0.4, -0.2) is 24.0 Å². The van der Waals surface area contributed by atoms with Crippen molar-refractivity contribution in [3.05, 3.63) is 35.4 Å². The van der Waals surface area contributed by atoms with Crippen molar-refractivity contribution < 1.29 is 14.7 Å². The molecular weight excluding hydrogens is 242 g/mol. The smallest absolute Gasteiger partial charge is 0.311 e. The SMILES string of the molecule is CNC(=O)CC(C(=O)O)c1ccc(C(C)(C)C)cc1. The standard InChI is InChI=1S/C15H21NO3/c1-15(2,3)11-7-5-10(6-8-11)12(14(18)19)9-13(17)16-4/h5-8,12H,9H2,1-4H3,(H,16,17)(H,18,19). The van der Waals surface area contributed by atoms with E-state index in [1.807, 2.05) is 12.1 Å². The van der Waals surface area contributed by atoms with Gasteiger partial charge in [-0.25, -0.2) is 0 Å². The Balaban J connectivity index is 2.98. The number of aliphatic carboxylic acids is 1. The summed E-state index contributed by atoms with van der Waals surface area (Å²) in [5, 5.41) is 11.7. The Morgan fingerprint density at radius 2 is 1.74 bits per heavy atom. The summed E-state index contributed by atoms with van der Waals surface area (Å²) < 4.78 is 0. The van der Waals surface area contributed by atoms with E-state index in [1.54, 1.807) is 12.1 Å². The molecule has 0 saturated carbocycles. The van der Waals surface area contributed by atoms with Crippen LogP contribution in [0.15, 0.2) is 24.3 Å². The Labute approximate surface area is 113 Å². The number of carbonyl (C=O) groups is 2. The third kappa shape index (κ3) is 4.09. The summed E-state index contributed by atoms with van der Waals surface area (Å²) in [4.78, 5) is 22.6. The van der Waals surface area contributed by atoms with Crippen LogP contribution in [0.4, 0.5) is 0 Å². The minimum Gasteiger partial charge on any atom is -0.481 e. The number of carboxylic acid groups (broad SMARTS) is 1. The maximum atomic E-state index is 11.4. The van der Waals surface area contributed by atoms with Crippen molar-refractivity contribution in [3.8, 4) is 0 Å². The molecule has 0 radical (unpaired) electrons. The van der Waals surface area contributed by atoms with Crippen molar-refractivity contribution in [2.75, 3.05) is 7.05 Å². The molecule has 1 unspecified atom stereocenters. The quantitative estimate of drug-likeness (QED) is 0.876. The monoisotopic (exact) mass is 263 g/mol. The van der Waals surface area contributed by atoms with Gasteiger partial charge in [0.15, 0.2) is 0 Å². The van der Waals surface area contributed by atoms with Gasteiger partial charge in [0, 0.05) is 13.5 Å². The molecule has 104 valence electrons. The van der Waals surface area contributed by atoms with Gasteiger partial charge in [0.2, 0.25) is 5.91 Å². The number of amides is 1. The molecule has 0 aliphatic carbocycles. The van der Waals surface area contributed by atoms with Crippen molar-refractivity contribution >= 4 is 11.9 Å². The van der Waals surface area contributed by atoms with E-state index in [1.165, 1.54) is 7.05 Å². The number of rotatable bonds is 4. The van der Waals surface area contributed by atoms with Gasteiger partial charge in [-0.15, -0.1) is 0 Å². The Bertz CT molecular complexity index is 457. The molecule has 0 aliphatic rings. The van der Waals surface area contributed by atoms with Gasteiger partial charge in [-0.1, -0.05) is 45.0 Å². The number of benzene rings is 1. The molecular formula is C15H21NO3. The molecule has 1 rings (SSSR count). The van der Waals surface area contributed by atoms with Gasteiger partial charge in [-0.2, -0.15) is 0 Å². The summed E-state index contributed by atoms with van der Waals surface area (Å²) in [6.45, 7) is 6.30. The van der Waals surface area contributed by atoms with Gasteiger partial charge < -0.3 is 10.4 Å². The molecule has 1 aromatic rings.